The molecule has 22 heavy (non-hydrogen) atoms. The molecule has 1 aromatic carbocycles. The van der Waals surface area contributed by atoms with Crippen molar-refractivity contribution in [2.75, 3.05) is 5.32 Å². The van der Waals surface area contributed by atoms with Gasteiger partial charge < -0.3 is 11.1 Å². The van der Waals surface area contributed by atoms with Crippen molar-refractivity contribution in [3.8, 4) is 0 Å². The smallest absolute Gasteiger partial charge is 0.229 e. The Hall–Kier alpha value is -2.31. The number of hydrogen-bond acceptors (Lipinski definition) is 6. The zero-order valence-electron chi connectivity index (χ0n) is 12.2. The topological polar surface area (TPSA) is 76.7 Å². The van der Waals surface area contributed by atoms with Gasteiger partial charge in [-0.2, -0.15) is 0 Å². The Morgan fingerprint density at radius 3 is 2.77 bits per heavy atom. The molecule has 2 aromatic heterocycles. The van der Waals surface area contributed by atoms with Crippen molar-refractivity contribution in [1.82, 2.24) is 15.0 Å². The van der Waals surface area contributed by atoms with Crippen LogP contribution < -0.4 is 11.1 Å². The standard InChI is InChI=1S/C16H17N5S/c1-11-7-8-18-15(19-11)21-16-20-14(10-22-16)13(17)9-12-5-3-2-4-6-12/h2-8,10,13H,9,17H2,1H3,(H,18,19,20,21)/t13-/m0/s1. The predicted molar refractivity (Wildman–Crippen MR) is 89.2 cm³/mol. The quantitative estimate of drug-likeness (QED) is 0.756. The van der Waals surface area contributed by atoms with E-state index in [1.165, 1.54) is 16.9 Å². The number of nitrogens with one attached hydrogen (secondary N) is 1. The molecule has 0 saturated carbocycles. The normalized spacial score (nSPS) is 12.1. The van der Waals surface area contributed by atoms with Crippen molar-refractivity contribution in [3.63, 3.8) is 0 Å². The lowest BCUT2D eigenvalue weighted by atomic mass is 10.1. The van der Waals surface area contributed by atoms with Crippen LogP contribution in [0, 0.1) is 6.92 Å². The molecular formula is C16H17N5S. The van der Waals surface area contributed by atoms with Gasteiger partial charge in [-0.15, -0.1) is 11.3 Å². The Balaban J connectivity index is 1.68. The summed E-state index contributed by atoms with van der Waals surface area (Å²) in [4.78, 5) is 13.0. The lowest BCUT2D eigenvalue weighted by Gasteiger charge is -2.08. The van der Waals surface area contributed by atoms with Gasteiger partial charge in [0.1, 0.15) is 0 Å². The minimum atomic E-state index is -0.118. The molecule has 0 spiro atoms. The fourth-order valence-electron chi connectivity index (χ4n) is 2.09. The van der Waals surface area contributed by atoms with Crippen molar-refractivity contribution >= 4 is 22.4 Å². The Labute approximate surface area is 133 Å². The van der Waals surface area contributed by atoms with Crippen molar-refractivity contribution in [2.45, 2.75) is 19.4 Å². The highest BCUT2D eigenvalue weighted by molar-refractivity contribution is 7.13. The number of thiazole rings is 1. The lowest BCUT2D eigenvalue weighted by molar-refractivity contribution is 0.702. The van der Waals surface area contributed by atoms with E-state index in [0.29, 0.717) is 5.95 Å². The molecule has 0 saturated heterocycles. The maximum Gasteiger partial charge on any atom is 0.229 e. The van der Waals surface area contributed by atoms with Gasteiger partial charge in [0.2, 0.25) is 5.95 Å². The largest absolute Gasteiger partial charge is 0.322 e. The molecule has 1 atom stereocenters. The van der Waals surface area contributed by atoms with Gasteiger partial charge in [-0.3, -0.25) is 0 Å². The molecule has 0 amide bonds. The van der Waals surface area contributed by atoms with E-state index in [1.54, 1.807) is 6.20 Å². The second kappa shape index (κ2) is 6.64. The van der Waals surface area contributed by atoms with E-state index in [2.05, 4.69) is 32.4 Å². The first-order valence-electron chi connectivity index (χ1n) is 7.02. The maximum absolute atomic E-state index is 6.24. The molecule has 3 N–H and O–H groups in total. The van der Waals surface area contributed by atoms with Crippen molar-refractivity contribution in [3.05, 3.63) is 64.9 Å². The molecule has 0 aliphatic carbocycles. The van der Waals surface area contributed by atoms with Crippen LogP contribution in [-0.4, -0.2) is 15.0 Å². The number of anilines is 2. The van der Waals surface area contributed by atoms with Gasteiger partial charge in [0.15, 0.2) is 5.13 Å². The van der Waals surface area contributed by atoms with Crippen LogP contribution in [0.4, 0.5) is 11.1 Å². The molecule has 6 heteroatoms. The Bertz CT molecular complexity index is 741. The first kappa shape index (κ1) is 14.6. The summed E-state index contributed by atoms with van der Waals surface area (Å²) < 4.78 is 0. The number of rotatable bonds is 5. The van der Waals surface area contributed by atoms with Crippen LogP contribution in [0.15, 0.2) is 48.0 Å². The van der Waals surface area contributed by atoms with Gasteiger partial charge in [0.25, 0.3) is 0 Å². The van der Waals surface area contributed by atoms with Crippen LogP contribution in [0.25, 0.3) is 0 Å². The molecule has 5 nitrogen and oxygen atoms in total. The van der Waals surface area contributed by atoms with E-state index in [-0.39, 0.29) is 6.04 Å². The van der Waals surface area contributed by atoms with E-state index in [4.69, 9.17) is 5.73 Å². The molecule has 0 bridgehead atoms. The third-order valence-electron chi connectivity index (χ3n) is 3.21. The molecular weight excluding hydrogens is 294 g/mol. The van der Waals surface area contributed by atoms with E-state index in [1.807, 2.05) is 36.6 Å². The Kier molecular flexibility index (Phi) is 4.41. The second-order valence-electron chi connectivity index (χ2n) is 5.02. The summed E-state index contributed by atoms with van der Waals surface area (Å²) in [5.74, 6) is 0.553. The van der Waals surface area contributed by atoms with Crippen LogP contribution in [0.1, 0.15) is 23.0 Å². The zero-order chi connectivity index (χ0) is 15.4. The summed E-state index contributed by atoms with van der Waals surface area (Å²) in [6, 6.07) is 11.9. The van der Waals surface area contributed by atoms with E-state index in [9.17, 15) is 0 Å². The first-order chi connectivity index (χ1) is 10.7. The molecule has 0 fully saturated rings. The lowest BCUT2D eigenvalue weighted by Crippen LogP contribution is -2.13. The fourth-order valence-corrected chi connectivity index (χ4v) is 2.86. The van der Waals surface area contributed by atoms with E-state index < -0.39 is 0 Å². The summed E-state index contributed by atoms with van der Waals surface area (Å²) in [5, 5.41) is 5.85. The van der Waals surface area contributed by atoms with Crippen molar-refractivity contribution in [1.29, 1.82) is 0 Å². The van der Waals surface area contributed by atoms with Gasteiger partial charge in [0.05, 0.1) is 11.7 Å². The highest BCUT2D eigenvalue weighted by Gasteiger charge is 2.12. The number of benzene rings is 1. The molecule has 3 rings (SSSR count). The van der Waals surface area contributed by atoms with Crippen LogP contribution in [-0.2, 0) is 6.42 Å². The summed E-state index contributed by atoms with van der Waals surface area (Å²) in [5.41, 5.74) is 9.24. The summed E-state index contributed by atoms with van der Waals surface area (Å²) in [6.45, 7) is 1.93. The molecule has 112 valence electrons. The monoisotopic (exact) mass is 311 g/mol. The van der Waals surface area contributed by atoms with Crippen LogP contribution in [0.2, 0.25) is 0 Å². The van der Waals surface area contributed by atoms with Crippen LogP contribution >= 0.6 is 11.3 Å². The molecule has 0 aliphatic heterocycles. The molecule has 0 unspecified atom stereocenters. The summed E-state index contributed by atoms with van der Waals surface area (Å²) in [7, 11) is 0. The molecule has 3 aromatic rings. The van der Waals surface area contributed by atoms with Gasteiger partial charge >= 0.3 is 0 Å². The van der Waals surface area contributed by atoms with Gasteiger partial charge in [-0.05, 0) is 25.0 Å². The average Bonchev–Trinajstić information content (AvgIpc) is 2.97. The number of aromatic nitrogens is 3. The van der Waals surface area contributed by atoms with Gasteiger partial charge in [-0.25, -0.2) is 15.0 Å². The Morgan fingerprint density at radius 2 is 2.00 bits per heavy atom. The zero-order valence-corrected chi connectivity index (χ0v) is 13.0. The minimum absolute atomic E-state index is 0.118. The minimum Gasteiger partial charge on any atom is -0.322 e. The van der Waals surface area contributed by atoms with Crippen LogP contribution in [0.5, 0.6) is 0 Å². The third kappa shape index (κ3) is 3.66. The van der Waals surface area contributed by atoms with Gasteiger partial charge in [-0.1, -0.05) is 30.3 Å². The molecule has 0 radical (unpaired) electrons. The van der Waals surface area contributed by atoms with Crippen molar-refractivity contribution < 1.29 is 0 Å². The SMILES string of the molecule is Cc1ccnc(Nc2nc([C@@H](N)Cc3ccccc3)cs2)n1. The number of hydrogen-bond donors (Lipinski definition) is 2. The molecule has 0 aliphatic rings. The summed E-state index contributed by atoms with van der Waals surface area (Å²) in [6.07, 6.45) is 2.49. The predicted octanol–water partition coefficient (Wildman–Crippen LogP) is 3.23. The maximum atomic E-state index is 6.24. The van der Waals surface area contributed by atoms with Crippen molar-refractivity contribution in [2.24, 2.45) is 5.73 Å². The summed E-state index contributed by atoms with van der Waals surface area (Å²) >= 11 is 1.51. The van der Waals surface area contributed by atoms with E-state index in [0.717, 1.165) is 22.9 Å². The number of nitrogens with two attached hydrogens (primary N) is 1. The second-order valence-corrected chi connectivity index (χ2v) is 5.88. The average molecular weight is 311 g/mol. The number of nitrogens with zero attached hydrogens (tertiary/aromatic N) is 3. The fraction of sp³-hybridized carbons (Fsp3) is 0.188. The Morgan fingerprint density at radius 1 is 1.18 bits per heavy atom. The number of aryl methyl sites for hydroxylation is 1. The van der Waals surface area contributed by atoms with E-state index >= 15 is 0 Å². The third-order valence-corrected chi connectivity index (χ3v) is 3.99. The van der Waals surface area contributed by atoms with Gasteiger partial charge in [0, 0.05) is 17.3 Å². The van der Waals surface area contributed by atoms with Crippen LogP contribution in [0.3, 0.4) is 0 Å². The highest BCUT2D eigenvalue weighted by atomic mass is 32.1. The highest BCUT2D eigenvalue weighted by Crippen LogP contribution is 2.23. The first-order valence-corrected chi connectivity index (χ1v) is 7.90. The molecule has 2 heterocycles.